The van der Waals surface area contributed by atoms with Gasteiger partial charge in [-0.15, -0.1) is 0 Å². The van der Waals surface area contributed by atoms with Crippen LogP contribution in [0, 0.1) is 0 Å². The second-order valence-corrected chi connectivity index (χ2v) is 2.35. The van der Waals surface area contributed by atoms with E-state index in [1.165, 1.54) is 5.57 Å². The Morgan fingerprint density at radius 2 is 2.11 bits per heavy atom. The van der Waals surface area contributed by atoms with E-state index in [4.69, 9.17) is 0 Å². The highest BCUT2D eigenvalue weighted by atomic mass is 13.9. The van der Waals surface area contributed by atoms with Crippen LogP contribution >= 0.6 is 0 Å². The van der Waals surface area contributed by atoms with Crippen LogP contribution in [0.5, 0.6) is 0 Å². The maximum absolute atomic E-state index is 2.22. The van der Waals surface area contributed by atoms with Crippen LogP contribution < -0.4 is 0 Å². The molecule has 0 heteroatoms. The largest absolute Gasteiger partial charge is 0.0844 e. The summed E-state index contributed by atoms with van der Waals surface area (Å²) in [7, 11) is 0. The third kappa shape index (κ3) is 2.31. The van der Waals surface area contributed by atoms with E-state index in [1.807, 2.05) is 0 Å². The predicted molar refractivity (Wildman–Crippen MR) is 41.3 cm³/mol. The first-order valence-electron chi connectivity index (χ1n) is 3.37. The van der Waals surface area contributed by atoms with Crippen LogP contribution in [0.25, 0.3) is 0 Å². The molecule has 0 saturated carbocycles. The molecule has 1 aliphatic rings. The van der Waals surface area contributed by atoms with Crippen molar-refractivity contribution in [1.82, 2.24) is 0 Å². The van der Waals surface area contributed by atoms with Crippen LogP contribution in [0.1, 0.15) is 19.8 Å². The van der Waals surface area contributed by atoms with E-state index >= 15 is 0 Å². The molecule has 0 spiro atoms. The van der Waals surface area contributed by atoms with Gasteiger partial charge in [0, 0.05) is 0 Å². The quantitative estimate of drug-likeness (QED) is 0.431. The summed E-state index contributed by atoms with van der Waals surface area (Å²) in [5, 5.41) is 0. The maximum Gasteiger partial charge on any atom is -0.0138 e. The van der Waals surface area contributed by atoms with Gasteiger partial charge < -0.3 is 0 Å². The number of hydrogen-bond acceptors (Lipinski definition) is 0. The average molecular weight is 120 g/mol. The molecule has 0 amide bonds. The van der Waals surface area contributed by atoms with Gasteiger partial charge in [0.2, 0.25) is 0 Å². The molecule has 0 aromatic heterocycles. The van der Waals surface area contributed by atoms with Gasteiger partial charge in [-0.2, -0.15) is 0 Å². The Morgan fingerprint density at radius 1 is 1.22 bits per heavy atom. The van der Waals surface area contributed by atoms with Gasteiger partial charge in [-0.25, -0.2) is 0 Å². The summed E-state index contributed by atoms with van der Waals surface area (Å²) in [6.07, 6.45) is 13.1. The molecule has 0 heterocycles. The van der Waals surface area contributed by atoms with Gasteiger partial charge in [0.25, 0.3) is 0 Å². The number of hydrogen-bond donors (Lipinski definition) is 0. The van der Waals surface area contributed by atoms with Gasteiger partial charge in [0.1, 0.15) is 0 Å². The van der Waals surface area contributed by atoms with Gasteiger partial charge in [-0.3, -0.25) is 0 Å². The van der Waals surface area contributed by atoms with Crippen LogP contribution in [0.2, 0.25) is 0 Å². The van der Waals surface area contributed by atoms with E-state index in [0.29, 0.717) is 0 Å². The average Bonchev–Trinajstić information content (AvgIpc) is 1.79. The van der Waals surface area contributed by atoms with E-state index in [1.54, 1.807) is 0 Å². The molecule has 0 aliphatic heterocycles. The minimum absolute atomic E-state index is 1.09. The highest BCUT2D eigenvalue weighted by Gasteiger charge is 1.84. The van der Waals surface area contributed by atoms with Crippen molar-refractivity contribution in [2.45, 2.75) is 19.8 Å². The molecular formula is C9H12. The van der Waals surface area contributed by atoms with Crippen LogP contribution in [0.3, 0.4) is 0 Å². The monoisotopic (exact) mass is 120 g/mol. The van der Waals surface area contributed by atoms with E-state index in [9.17, 15) is 0 Å². The molecule has 9 heavy (non-hydrogen) atoms. The molecule has 0 saturated heterocycles. The lowest BCUT2D eigenvalue weighted by atomic mass is 10.1. The molecule has 1 aliphatic carbocycles. The van der Waals surface area contributed by atoms with Crippen molar-refractivity contribution < 1.29 is 0 Å². The topological polar surface area (TPSA) is 0 Å². The Hall–Kier alpha value is -0.780. The summed E-state index contributed by atoms with van der Waals surface area (Å²) in [6, 6.07) is 0. The zero-order valence-corrected chi connectivity index (χ0v) is 5.80. The molecule has 0 unspecified atom stereocenters. The molecule has 1 rings (SSSR count). The molecule has 0 radical (unpaired) electrons. The highest BCUT2D eigenvalue weighted by molar-refractivity contribution is 5.16. The molecular weight excluding hydrogens is 108 g/mol. The first-order chi connectivity index (χ1) is 4.39. The normalized spacial score (nSPS) is 18.6. The Morgan fingerprint density at radius 3 is 3.00 bits per heavy atom. The molecule has 0 nitrogen and oxygen atoms in total. The maximum atomic E-state index is 2.22. The third-order valence-corrected chi connectivity index (χ3v) is 1.40. The van der Waals surface area contributed by atoms with Crippen LogP contribution in [0.15, 0.2) is 36.0 Å². The lowest BCUT2D eigenvalue weighted by molar-refractivity contribution is 1.18. The fourth-order valence-electron chi connectivity index (χ4n) is 0.823. The van der Waals surface area contributed by atoms with Crippen molar-refractivity contribution in [3.63, 3.8) is 0 Å². The van der Waals surface area contributed by atoms with E-state index in [-0.39, 0.29) is 0 Å². The number of rotatable bonds is 0. The summed E-state index contributed by atoms with van der Waals surface area (Å²) < 4.78 is 0. The van der Waals surface area contributed by atoms with Gasteiger partial charge in [0.15, 0.2) is 0 Å². The van der Waals surface area contributed by atoms with E-state index < -0.39 is 0 Å². The SMILES string of the molecule is CC1=CC=CCC=CC1. The summed E-state index contributed by atoms with van der Waals surface area (Å²) >= 11 is 0. The molecule has 0 aromatic rings. The summed E-state index contributed by atoms with van der Waals surface area (Å²) in [4.78, 5) is 0. The van der Waals surface area contributed by atoms with Crippen molar-refractivity contribution in [3.8, 4) is 0 Å². The standard InChI is InChI=1S/C9H12/c1-9-7-5-3-2-4-6-8-9/h3-7H,2,8H2,1H3. The van der Waals surface area contributed by atoms with Crippen molar-refractivity contribution >= 4 is 0 Å². The van der Waals surface area contributed by atoms with E-state index in [0.717, 1.165) is 12.8 Å². The molecule has 0 fully saturated rings. The minimum Gasteiger partial charge on any atom is -0.0844 e. The second kappa shape index (κ2) is 3.29. The molecule has 0 N–H and O–H groups in total. The summed E-state index contributed by atoms with van der Waals surface area (Å²) in [5.41, 5.74) is 1.43. The number of allylic oxidation sites excluding steroid dienone is 6. The minimum atomic E-state index is 1.09. The zero-order chi connectivity index (χ0) is 6.53. The molecule has 48 valence electrons. The Balaban J connectivity index is 2.63. The highest BCUT2D eigenvalue weighted by Crippen LogP contribution is 2.04. The van der Waals surface area contributed by atoms with E-state index in [2.05, 4.69) is 37.3 Å². The molecule has 0 aromatic carbocycles. The fraction of sp³-hybridized carbons (Fsp3) is 0.333. The zero-order valence-electron chi connectivity index (χ0n) is 5.80. The Kier molecular flexibility index (Phi) is 2.32. The molecule has 0 atom stereocenters. The first kappa shape index (κ1) is 6.34. The lowest BCUT2D eigenvalue weighted by Crippen LogP contribution is -1.73. The Bertz CT molecular complexity index is 159. The van der Waals surface area contributed by atoms with Gasteiger partial charge >= 0.3 is 0 Å². The smallest absolute Gasteiger partial charge is 0.0138 e. The van der Waals surface area contributed by atoms with Crippen LogP contribution in [0.4, 0.5) is 0 Å². The second-order valence-electron chi connectivity index (χ2n) is 2.35. The Labute approximate surface area is 56.6 Å². The van der Waals surface area contributed by atoms with Crippen LogP contribution in [-0.2, 0) is 0 Å². The fourth-order valence-corrected chi connectivity index (χ4v) is 0.823. The van der Waals surface area contributed by atoms with Gasteiger partial charge in [-0.05, 0) is 19.8 Å². The predicted octanol–water partition coefficient (Wildman–Crippen LogP) is 2.84. The van der Waals surface area contributed by atoms with Gasteiger partial charge in [-0.1, -0.05) is 36.0 Å². The first-order valence-corrected chi connectivity index (χ1v) is 3.37. The summed E-state index contributed by atoms with van der Waals surface area (Å²) in [6.45, 7) is 2.15. The lowest BCUT2D eigenvalue weighted by Gasteiger charge is -1.94. The third-order valence-electron chi connectivity index (χ3n) is 1.40. The van der Waals surface area contributed by atoms with Crippen molar-refractivity contribution in [2.24, 2.45) is 0 Å². The van der Waals surface area contributed by atoms with Crippen LogP contribution in [-0.4, -0.2) is 0 Å². The van der Waals surface area contributed by atoms with Gasteiger partial charge in [0.05, 0.1) is 0 Å². The van der Waals surface area contributed by atoms with Crippen molar-refractivity contribution in [2.75, 3.05) is 0 Å². The van der Waals surface area contributed by atoms with Crippen molar-refractivity contribution in [3.05, 3.63) is 36.0 Å². The molecule has 0 bridgehead atoms. The van der Waals surface area contributed by atoms with Crippen molar-refractivity contribution in [1.29, 1.82) is 0 Å². The summed E-state index contributed by atoms with van der Waals surface area (Å²) in [5.74, 6) is 0.